The SMILES string of the molecule is COc1ccc(C)cc1N(CC(=O)N1CCC(Cc2ccccc2)CC1)C(C)=O. The molecule has 0 bridgehead atoms. The van der Waals surface area contributed by atoms with Gasteiger partial charge in [0.25, 0.3) is 0 Å². The smallest absolute Gasteiger partial charge is 0.242 e. The van der Waals surface area contributed by atoms with Gasteiger partial charge in [0.2, 0.25) is 11.8 Å². The van der Waals surface area contributed by atoms with Crippen molar-refractivity contribution in [1.82, 2.24) is 4.90 Å². The number of rotatable bonds is 6. The highest BCUT2D eigenvalue weighted by atomic mass is 16.5. The predicted octanol–water partition coefficient (Wildman–Crippen LogP) is 3.84. The number of piperidine rings is 1. The van der Waals surface area contributed by atoms with Gasteiger partial charge in [0, 0.05) is 20.0 Å². The summed E-state index contributed by atoms with van der Waals surface area (Å²) < 4.78 is 5.41. The third kappa shape index (κ3) is 5.37. The minimum Gasteiger partial charge on any atom is -0.495 e. The lowest BCUT2D eigenvalue weighted by atomic mass is 9.90. The monoisotopic (exact) mass is 394 g/mol. The summed E-state index contributed by atoms with van der Waals surface area (Å²) in [5, 5.41) is 0. The normalized spacial score (nSPS) is 14.5. The molecule has 0 spiro atoms. The van der Waals surface area contributed by atoms with E-state index in [0.29, 0.717) is 17.4 Å². The van der Waals surface area contributed by atoms with Crippen LogP contribution < -0.4 is 9.64 Å². The number of carbonyl (C=O) groups is 2. The number of benzene rings is 2. The number of likely N-dealkylation sites (tertiary alicyclic amines) is 1. The van der Waals surface area contributed by atoms with Crippen LogP contribution in [-0.2, 0) is 16.0 Å². The summed E-state index contributed by atoms with van der Waals surface area (Å²) in [6, 6.07) is 16.2. The van der Waals surface area contributed by atoms with Crippen LogP contribution in [0.2, 0.25) is 0 Å². The second-order valence-electron chi connectivity index (χ2n) is 7.79. The van der Waals surface area contributed by atoms with E-state index < -0.39 is 0 Å². The average molecular weight is 395 g/mol. The fourth-order valence-corrected chi connectivity index (χ4v) is 3.95. The molecule has 5 heteroatoms. The fraction of sp³-hybridized carbons (Fsp3) is 0.417. The summed E-state index contributed by atoms with van der Waals surface area (Å²) in [5.41, 5.74) is 3.01. The highest BCUT2D eigenvalue weighted by molar-refractivity contribution is 5.98. The Hall–Kier alpha value is -2.82. The van der Waals surface area contributed by atoms with E-state index in [0.717, 1.165) is 37.9 Å². The second kappa shape index (κ2) is 9.59. The molecule has 0 aliphatic carbocycles. The Balaban J connectivity index is 1.62. The van der Waals surface area contributed by atoms with Crippen molar-refractivity contribution in [2.75, 3.05) is 31.6 Å². The van der Waals surface area contributed by atoms with Gasteiger partial charge >= 0.3 is 0 Å². The van der Waals surface area contributed by atoms with Crippen molar-refractivity contribution >= 4 is 17.5 Å². The summed E-state index contributed by atoms with van der Waals surface area (Å²) in [7, 11) is 1.58. The van der Waals surface area contributed by atoms with Crippen molar-refractivity contribution in [3.63, 3.8) is 0 Å². The Labute approximate surface area is 173 Å². The van der Waals surface area contributed by atoms with Crippen LogP contribution in [0.25, 0.3) is 0 Å². The molecule has 5 nitrogen and oxygen atoms in total. The molecule has 1 saturated heterocycles. The number of carbonyl (C=O) groups excluding carboxylic acids is 2. The largest absolute Gasteiger partial charge is 0.495 e. The Morgan fingerprint density at radius 3 is 2.41 bits per heavy atom. The first-order valence-electron chi connectivity index (χ1n) is 10.2. The van der Waals surface area contributed by atoms with Gasteiger partial charge in [-0.15, -0.1) is 0 Å². The molecule has 1 fully saturated rings. The third-order valence-electron chi connectivity index (χ3n) is 5.63. The zero-order valence-electron chi connectivity index (χ0n) is 17.6. The number of methoxy groups -OCH3 is 1. The van der Waals surface area contributed by atoms with E-state index >= 15 is 0 Å². The van der Waals surface area contributed by atoms with Gasteiger partial charge in [-0.05, 0) is 55.4 Å². The van der Waals surface area contributed by atoms with E-state index in [2.05, 4.69) is 24.3 Å². The van der Waals surface area contributed by atoms with Crippen LogP contribution in [0.5, 0.6) is 5.75 Å². The third-order valence-corrected chi connectivity index (χ3v) is 5.63. The van der Waals surface area contributed by atoms with E-state index in [4.69, 9.17) is 4.74 Å². The zero-order chi connectivity index (χ0) is 20.8. The van der Waals surface area contributed by atoms with Crippen molar-refractivity contribution in [3.05, 3.63) is 59.7 Å². The molecule has 0 atom stereocenters. The van der Waals surface area contributed by atoms with Gasteiger partial charge in [-0.2, -0.15) is 0 Å². The predicted molar refractivity (Wildman–Crippen MR) is 115 cm³/mol. The molecule has 1 heterocycles. The fourth-order valence-electron chi connectivity index (χ4n) is 3.95. The van der Waals surface area contributed by atoms with Crippen molar-refractivity contribution < 1.29 is 14.3 Å². The van der Waals surface area contributed by atoms with Gasteiger partial charge in [-0.25, -0.2) is 0 Å². The molecule has 1 aliphatic heterocycles. The van der Waals surface area contributed by atoms with Gasteiger partial charge < -0.3 is 9.64 Å². The highest BCUT2D eigenvalue weighted by Gasteiger charge is 2.26. The number of hydrogen-bond acceptors (Lipinski definition) is 3. The topological polar surface area (TPSA) is 49.9 Å². The molecule has 0 unspecified atom stereocenters. The van der Waals surface area contributed by atoms with Crippen molar-refractivity contribution in [2.45, 2.75) is 33.1 Å². The van der Waals surface area contributed by atoms with Crippen LogP contribution in [0.15, 0.2) is 48.5 Å². The Morgan fingerprint density at radius 2 is 1.79 bits per heavy atom. The van der Waals surface area contributed by atoms with Crippen LogP contribution in [0.1, 0.15) is 30.9 Å². The van der Waals surface area contributed by atoms with Crippen molar-refractivity contribution in [2.24, 2.45) is 5.92 Å². The van der Waals surface area contributed by atoms with Gasteiger partial charge in [0.15, 0.2) is 0 Å². The molecule has 0 N–H and O–H groups in total. The molecule has 2 amide bonds. The van der Waals surface area contributed by atoms with E-state index in [1.807, 2.05) is 36.1 Å². The maximum Gasteiger partial charge on any atom is 0.242 e. The summed E-state index contributed by atoms with van der Waals surface area (Å²) in [5.74, 6) is 1.02. The van der Waals surface area contributed by atoms with E-state index in [9.17, 15) is 9.59 Å². The second-order valence-corrected chi connectivity index (χ2v) is 7.79. The number of ether oxygens (including phenoxy) is 1. The van der Waals surface area contributed by atoms with Crippen molar-refractivity contribution in [3.8, 4) is 5.75 Å². The maximum atomic E-state index is 12.9. The number of amides is 2. The molecule has 0 saturated carbocycles. The summed E-state index contributed by atoms with van der Waals surface area (Å²) in [4.78, 5) is 28.6. The first kappa shape index (κ1) is 20.9. The Morgan fingerprint density at radius 1 is 1.10 bits per heavy atom. The molecule has 0 aromatic heterocycles. The van der Waals surface area contributed by atoms with Gasteiger partial charge in [-0.1, -0.05) is 36.4 Å². The molecule has 2 aromatic rings. The van der Waals surface area contributed by atoms with Crippen LogP contribution in [0.4, 0.5) is 5.69 Å². The number of hydrogen-bond donors (Lipinski definition) is 0. The molecular weight excluding hydrogens is 364 g/mol. The maximum absolute atomic E-state index is 12.9. The minimum atomic E-state index is -0.166. The highest BCUT2D eigenvalue weighted by Crippen LogP contribution is 2.30. The van der Waals surface area contributed by atoms with Crippen molar-refractivity contribution in [1.29, 1.82) is 0 Å². The molecule has 0 radical (unpaired) electrons. The van der Waals surface area contributed by atoms with E-state index in [1.165, 1.54) is 17.4 Å². The first-order valence-corrected chi connectivity index (χ1v) is 10.2. The summed E-state index contributed by atoms with van der Waals surface area (Å²) >= 11 is 0. The lowest BCUT2D eigenvalue weighted by Gasteiger charge is -2.34. The van der Waals surface area contributed by atoms with Gasteiger partial charge in [0.05, 0.1) is 12.8 Å². The Kier molecular flexibility index (Phi) is 6.91. The molecule has 29 heavy (non-hydrogen) atoms. The summed E-state index contributed by atoms with van der Waals surface area (Å²) in [6.45, 7) is 4.97. The minimum absolute atomic E-state index is 0.0121. The lowest BCUT2D eigenvalue weighted by Crippen LogP contribution is -2.45. The molecule has 1 aliphatic rings. The zero-order valence-corrected chi connectivity index (χ0v) is 17.6. The molecular formula is C24H30N2O3. The van der Waals surface area contributed by atoms with Crippen LogP contribution in [0, 0.1) is 12.8 Å². The van der Waals surface area contributed by atoms with Crippen LogP contribution in [-0.4, -0.2) is 43.5 Å². The van der Waals surface area contributed by atoms with E-state index in [1.54, 1.807) is 7.11 Å². The molecule has 154 valence electrons. The first-order chi connectivity index (χ1) is 14.0. The van der Waals surface area contributed by atoms with Crippen LogP contribution in [0.3, 0.4) is 0 Å². The number of anilines is 1. The van der Waals surface area contributed by atoms with Crippen LogP contribution >= 0.6 is 0 Å². The number of nitrogens with zero attached hydrogens (tertiary/aromatic N) is 2. The molecule has 2 aromatic carbocycles. The lowest BCUT2D eigenvalue weighted by molar-refractivity contribution is -0.132. The number of aryl methyl sites for hydroxylation is 1. The quantitative estimate of drug-likeness (QED) is 0.748. The molecule has 3 rings (SSSR count). The average Bonchev–Trinajstić information content (AvgIpc) is 2.73. The van der Waals surface area contributed by atoms with Gasteiger partial charge in [0.1, 0.15) is 12.3 Å². The standard InChI is InChI=1S/C24H30N2O3/c1-18-9-10-23(29-3)22(15-18)26(19(2)27)17-24(28)25-13-11-21(12-14-25)16-20-7-5-4-6-8-20/h4-10,15,21H,11-14,16-17H2,1-3H3. The van der Waals surface area contributed by atoms with Gasteiger partial charge in [-0.3, -0.25) is 14.5 Å². The van der Waals surface area contributed by atoms with E-state index in [-0.39, 0.29) is 18.4 Å². The summed E-state index contributed by atoms with van der Waals surface area (Å²) in [6.07, 6.45) is 3.05. The Bertz CT molecular complexity index is 842.